The third-order valence-corrected chi connectivity index (χ3v) is 6.04. The van der Waals surface area contributed by atoms with Crippen LogP contribution in [0.5, 0.6) is 0 Å². The van der Waals surface area contributed by atoms with Crippen molar-refractivity contribution in [1.82, 2.24) is 9.62 Å². The van der Waals surface area contributed by atoms with E-state index in [1.807, 2.05) is 0 Å². The first kappa shape index (κ1) is 18.6. The Kier molecular flexibility index (Phi) is 5.45. The molecule has 0 spiro atoms. The van der Waals surface area contributed by atoms with Crippen LogP contribution in [0.3, 0.4) is 0 Å². The molecule has 0 aliphatic carbocycles. The second-order valence-corrected chi connectivity index (χ2v) is 8.38. The van der Waals surface area contributed by atoms with Gasteiger partial charge in [-0.1, -0.05) is 6.07 Å². The second kappa shape index (κ2) is 7.61. The predicted octanol–water partition coefficient (Wildman–Crippen LogP) is 1.93. The fourth-order valence-electron chi connectivity index (χ4n) is 2.77. The Morgan fingerprint density at radius 1 is 1.31 bits per heavy atom. The molecule has 0 radical (unpaired) electrons. The molecule has 8 heteroatoms. The van der Waals surface area contributed by atoms with Crippen molar-refractivity contribution in [2.45, 2.75) is 30.8 Å². The van der Waals surface area contributed by atoms with E-state index in [4.69, 9.17) is 9.15 Å². The number of nitrogens with one attached hydrogen (secondary N) is 1. The van der Waals surface area contributed by atoms with Crippen LogP contribution >= 0.6 is 0 Å². The highest BCUT2D eigenvalue weighted by Crippen LogP contribution is 2.19. The lowest BCUT2D eigenvalue weighted by Gasteiger charge is -2.17. The van der Waals surface area contributed by atoms with Crippen LogP contribution in [0.2, 0.25) is 0 Å². The highest BCUT2D eigenvalue weighted by atomic mass is 32.2. The molecule has 0 unspecified atom stereocenters. The second-order valence-electron chi connectivity index (χ2n) is 6.34. The summed E-state index contributed by atoms with van der Waals surface area (Å²) in [5.74, 6) is 0.978. The summed E-state index contributed by atoms with van der Waals surface area (Å²) in [6.07, 6.45) is 0.759. The number of benzene rings is 1. The van der Waals surface area contributed by atoms with Crippen LogP contribution < -0.4 is 5.32 Å². The third-order valence-electron chi connectivity index (χ3n) is 4.24. The molecular weight excluding hydrogens is 356 g/mol. The van der Waals surface area contributed by atoms with Crippen molar-refractivity contribution >= 4 is 15.9 Å². The van der Waals surface area contributed by atoms with Gasteiger partial charge in [-0.15, -0.1) is 0 Å². The quantitative estimate of drug-likeness (QED) is 0.830. The van der Waals surface area contributed by atoms with E-state index in [0.717, 1.165) is 12.2 Å². The number of carbonyl (C=O) groups is 1. The van der Waals surface area contributed by atoms with Gasteiger partial charge in [0.25, 0.3) is 5.91 Å². The van der Waals surface area contributed by atoms with Gasteiger partial charge in [-0.3, -0.25) is 4.79 Å². The predicted molar refractivity (Wildman–Crippen MR) is 95.2 cm³/mol. The van der Waals surface area contributed by atoms with Gasteiger partial charge >= 0.3 is 0 Å². The topological polar surface area (TPSA) is 88.9 Å². The zero-order chi connectivity index (χ0) is 18.7. The van der Waals surface area contributed by atoms with Crippen molar-refractivity contribution in [2.75, 3.05) is 20.3 Å². The number of nitrogens with zero attached hydrogens (tertiary/aromatic N) is 1. The van der Waals surface area contributed by atoms with Crippen LogP contribution in [0.15, 0.2) is 45.7 Å². The van der Waals surface area contributed by atoms with Crippen molar-refractivity contribution < 1.29 is 22.4 Å². The van der Waals surface area contributed by atoms with Gasteiger partial charge in [0.1, 0.15) is 11.5 Å². The molecule has 1 N–H and O–H groups in total. The lowest BCUT2D eigenvalue weighted by atomic mass is 10.2. The SMILES string of the molecule is Cc1ccc(CN(C)S(=O)(=O)c2cccc(C(=O)N[C@@H]3CCOC3)c2)o1. The van der Waals surface area contributed by atoms with Gasteiger partial charge in [0.15, 0.2) is 0 Å². The standard InChI is InChI=1S/C18H22N2O5S/c1-13-6-7-16(25-13)11-20(2)26(22,23)17-5-3-4-14(10-17)18(21)19-15-8-9-24-12-15/h3-7,10,15H,8-9,11-12H2,1-2H3,(H,19,21)/t15-/m1/s1. The molecule has 1 fully saturated rings. The first-order chi connectivity index (χ1) is 12.4. The smallest absolute Gasteiger partial charge is 0.251 e. The minimum absolute atomic E-state index is 0.0346. The molecule has 1 atom stereocenters. The zero-order valence-electron chi connectivity index (χ0n) is 14.8. The van der Waals surface area contributed by atoms with Crippen molar-refractivity contribution in [3.05, 3.63) is 53.5 Å². The number of furan rings is 1. The molecule has 1 aliphatic rings. The van der Waals surface area contributed by atoms with Gasteiger partial charge in [-0.05, 0) is 43.7 Å². The molecular formula is C18H22N2O5S. The number of carbonyl (C=O) groups excluding carboxylic acids is 1. The molecule has 0 saturated carbocycles. The maximum atomic E-state index is 12.8. The largest absolute Gasteiger partial charge is 0.465 e. The minimum atomic E-state index is -3.74. The van der Waals surface area contributed by atoms with Gasteiger partial charge in [-0.25, -0.2) is 8.42 Å². The van der Waals surface area contributed by atoms with E-state index in [-0.39, 0.29) is 23.4 Å². The summed E-state index contributed by atoms with van der Waals surface area (Å²) >= 11 is 0. The molecule has 1 aliphatic heterocycles. The van der Waals surface area contributed by atoms with E-state index >= 15 is 0 Å². The van der Waals surface area contributed by atoms with Gasteiger partial charge in [0.2, 0.25) is 10.0 Å². The summed E-state index contributed by atoms with van der Waals surface area (Å²) in [5, 5.41) is 2.86. The van der Waals surface area contributed by atoms with Crippen molar-refractivity contribution in [2.24, 2.45) is 0 Å². The average molecular weight is 378 g/mol. The number of hydrogen-bond acceptors (Lipinski definition) is 5. The van der Waals surface area contributed by atoms with Crippen LogP contribution in [0.4, 0.5) is 0 Å². The highest BCUT2D eigenvalue weighted by molar-refractivity contribution is 7.89. The summed E-state index contributed by atoms with van der Waals surface area (Å²) in [5.41, 5.74) is 0.306. The van der Waals surface area contributed by atoms with E-state index in [2.05, 4.69) is 5.32 Å². The Morgan fingerprint density at radius 2 is 2.12 bits per heavy atom. The average Bonchev–Trinajstić information content (AvgIpc) is 3.26. The van der Waals surface area contributed by atoms with Gasteiger partial charge in [0.05, 0.1) is 24.1 Å². The van der Waals surface area contributed by atoms with Gasteiger partial charge < -0.3 is 14.5 Å². The fourth-order valence-corrected chi connectivity index (χ4v) is 3.95. The molecule has 1 aromatic heterocycles. The third kappa shape index (κ3) is 4.14. The van der Waals surface area contributed by atoms with E-state index < -0.39 is 10.0 Å². The van der Waals surface area contributed by atoms with E-state index in [1.54, 1.807) is 31.2 Å². The first-order valence-electron chi connectivity index (χ1n) is 8.36. The molecule has 1 saturated heterocycles. The molecule has 2 heterocycles. The molecule has 1 amide bonds. The number of rotatable bonds is 6. The van der Waals surface area contributed by atoms with Crippen molar-refractivity contribution in [3.63, 3.8) is 0 Å². The van der Waals surface area contributed by atoms with Crippen molar-refractivity contribution in [1.29, 1.82) is 0 Å². The van der Waals surface area contributed by atoms with Crippen LogP contribution in [0, 0.1) is 6.92 Å². The first-order valence-corrected chi connectivity index (χ1v) is 9.80. The van der Waals surface area contributed by atoms with E-state index in [1.165, 1.54) is 23.5 Å². The Balaban J connectivity index is 1.75. The monoisotopic (exact) mass is 378 g/mol. The summed E-state index contributed by atoms with van der Waals surface area (Å²) < 4.78 is 37.5. The van der Waals surface area contributed by atoms with Crippen LogP contribution in [0.1, 0.15) is 28.3 Å². The maximum absolute atomic E-state index is 12.8. The lowest BCUT2D eigenvalue weighted by Crippen LogP contribution is -2.35. The number of aryl methyl sites for hydroxylation is 1. The van der Waals surface area contributed by atoms with Crippen LogP contribution in [-0.2, 0) is 21.3 Å². The Hall–Kier alpha value is -2.16. The van der Waals surface area contributed by atoms with Crippen LogP contribution in [-0.4, -0.2) is 44.9 Å². The van der Waals surface area contributed by atoms with Crippen molar-refractivity contribution in [3.8, 4) is 0 Å². The summed E-state index contributed by atoms with van der Waals surface area (Å²) in [4.78, 5) is 12.4. The molecule has 1 aromatic carbocycles. The highest BCUT2D eigenvalue weighted by Gasteiger charge is 2.24. The van der Waals surface area contributed by atoms with E-state index in [9.17, 15) is 13.2 Å². The number of ether oxygens (including phenoxy) is 1. The molecule has 140 valence electrons. The molecule has 26 heavy (non-hydrogen) atoms. The summed E-state index contributed by atoms with van der Waals surface area (Å²) in [7, 11) is -2.26. The molecule has 0 bridgehead atoms. The summed E-state index contributed by atoms with van der Waals surface area (Å²) in [6.45, 7) is 3.02. The summed E-state index contributed by atoms with van der Waals surface area (Å²) in [6, 6.07) is 9.53. The fraction of sp³-hybridized carbons (Fsp3) is 0.389. The van der Waals surface area contributed by atoms with Crippen LogP contribution in [0.25, 0.3) is 0 Å². The van der Waals surface area contributed by atoms with Gasteiger partial charge in [0, 0.05) is 19.2 Å². The van der Waals surface area contributed by atoms with Gasteiger partial charge in [-0.2, -0.15) is 4.31 Å². The molecule has 7 nitrogen and oxygen atoms in total. The number of amides is 1. The zero-order valence-corrected chi connectivity index (χ0v) is 15.6. The lowest BCUT2D eigenvalue weighted by molar-refractivity contribution is 0.0929. The molecule has 2 aromatic rings. The maximum Gasteiger partial charge on any atom is 0.251 e. The number of hydrogen-bond donors (Lipinski definition) is 1. The van der Waals surface area contributed by atoms with E-state index in [0.29, 0.717) is 24.5 Å². The minimum Gasteiger partial charge on any atom is -0.465 e. The Morgan fingerprint density at radius 3 is 2.77 bits per heavy atom. The normalized spacial score (nSPS) is 17.6. The molecule has 3 rings (SSSR count). The Labute approximate surface area is 153 Å². The Bertz CT molecular complexity index is 884. The number of sulfonamides is 1.